The number of nitrogens with zero attached hydrogens (tertiary/aromatic N) is 4. The lowest BCUT2D eigenvalue weighted by Gasteiger charge is -2.31. The predicted molar refractivity (Wildman–Crippen MR) is 65.7 cm³/mol. The molecule has 4 heteroatoms. The standard InChI is InChI=1S/C12H16N4/c1-10-4-5-12-11(9-10)3-2-7-16(12)8-6-14-15-13/h4-5,9H,2-3,6-8H2,1H3. The Kier molecular flexibility index (Phi) is 3.32. The molecule has 0 saturated heterocycles. The maximum atomic E-state index is 8.27. The highest BCUT2D eigenvalue weighted by Crippen LogP contribution is 2.27. The number of hydrogen-bond acceptors (Lipinski definition) is 2. The van der Waals surface area contributed by atoms with Crippen molar-refractivity contribution in [1.82, 2.24) is 0 Å². The van der Waals surface area contributed by atoms with Gasteiger partial charge in [0.2, 0.25) is 0 Å². The Hall–Kier alpha value is -1.67. The summed E-state index contributed by atoms with van der Waals surface area (Å²) >= 11 is 0. The summed E-state index contributed by atoms with van der Waals surface area (Å²) in [5, 5.41) is 3.60. The SMILES string of the molecule is Cc1ccc2c(c1)CCCN2CCN=[N+]=[N-]. The van der Waals surface area contributed by atoms with Crippen molar-refractivity contribution in [3.05, 3.63) is 39.8 Å². The van der Waals surface area contributed by atoms with Gasteiger partial charge in [-0.1, -0.05) is 22.8 Å². The highest BCUT2D eigenvalue weighted by atomic mass is 15.2. The zero-order valence-electron chi connectivity index (χ0n) is 9.56. The molecule has 0 N–H and O–H groups in total. The lowest BCUT2D eigenvalue weighted by molar-refractivity contribution is 0.691. The number of benzene rings is 1. The van der Waals surface area contributed by atoms with E-state index in [4.69, 9.17) is 5.53 Å². The summed E-state index contributed by atoms with van der Waals surface area (Å²) in [5.74, 6) is 0. The Morgan fingerprint density at radius 1 is 1.50 bits per heavy atom. The molecule has 0 aromatic heterocycles. The van der Waals surface area contributed by atoms with Crippen molar-refractivity contribution in [3.8, 4) is 0 Å². The van der Waals surface area contributed by atoms with Gasteiger partial charge >= 0.3 is 0 Å². The lowest BCUT2D eigenvalue weighted by Crippen LogP contribution is -2.31. The van der Waals surface area contributed by atoms with E-state index in [-0.39, 0.29) is 0 Å². The first-order valence-electron chi connectivity index (χ1n) is 5.66. The van der Waals surface area contributed by atoms with E-state index < -0.39 is 0 Å². The van der Waals surface area contributed by atoms with E-state index in [1.807, 2.05) is 0 Å². The van der Waals surface area contributed by atoms with Gasteiger partial charge in [0, 0.05) is 30.2 Å². The molecule has 4 nitrogen and oxygen atoms in total. The second-order valence-electron chi connectivity index (χ2n) is 4.18. The van der Waals surface area contributed by atoms with Gasteiger partial charge in [-0.25, -0.2) is 0 Å². The van der Waals surface area contributed by atoms with Gasteiger partial charge in [0.05, 0.1) is 0 Å². The van der Waals surface area contributed by atoms with Crippen molar-refractivity contribution in [1.29, 1.82) is 0 Å². The molecular weight excluding hydrogens is 200 g/mol. The highest BCUT2D eigenvalue weighted by molar-refractivity contribution is 5.56. The van der Waals surface area contributed by atoms with Crippen LogP contribution in [0.3, 0.4) is 0 Å². The van der Waals surface area contributed by atoms with Crippen LogP contribution in [-0.4, -0.2) is 19.6 Å². The van der Waals surface area contributed by atoms with Crippen LogP contribution in [0.1, 0.15) is 17.5 Å². The summed E-state index contributed by atoms with van der Waals surface area (Å²) in [5.41, 5.74) is 12.3. The van der Waals surface area contributed by atoms with Gasteiger partial charge in [0.15, 0.2) is 0 Å². The Bertz CT molecular complexity index is 421. The molecule has 0 atom stereocenters. The molecule has 0 aliphatic carbocycles. The van der Waals surface area contributed by atoms with E-state index in [9.17, 15) is 0 Å². The average Bonchev–Trinajstić information content (AvgIpc) is 2.29. The molecule has 1 aliphatic rings. The minimum absolute atomic E-state index is 0.545. The predicted octanol–water partition coefficient (Wildman–Crippen LogP) is 3.06. The summed E-state index contributed by atoms with van der Waals surface area (Å²) in [6.45, 7) is 4.56. The van der Waals surface area contributed by atoms with E-state index in [1.54, 1.807) is 0 Å². The van der Waals surface area contributed by atoms with Crippen molar-refractivity contribution < 1.29 is 0 Å². The van der Waals surface area contributed by atoms with Crippen LogP contribution in [0.5, 0.6) is 0 Å². The number of azide groups is 1. The molecule has 1 heterocycles. The largest absolute Gasteiger partial charge is 0.371 e. The van der Waals surface area contributed by atoms with Gasteiger partial charge in [0.1, 0.15) is 0 Å². The quantitative estimate of drug-likeness (QED) is 0.435. The van der Waals surface area contributed by atoms with Crippen molar-refractivity contribution >= 4 is 5.69 Å². The molecular formula is C12H16N4. The topological polar surface area (TPSA) is 52.0 Å². The van der Waals surface area contributed by atoms with Crippen LogP contribution in [0, 0.1) is 6.92 Å². The normalized spacial score (nSPS) is 14.2. The van der Waals surface area contributed by atoms with Crippen molar-refractivity contribution in [2.45, 2.75) is 19.8 Å². The minimum Gasteiger partial charge on any atom is -0.371 e. The molecule has 0 bridgehead atoms. The molecule has 0 saturated carbocycles. The summed E-state index contributed by atoms with van der Waals surface area (Å²) in [7, 11) is 0. The fraction of sp³-hybridized carbons (Fsp3) is 0.500. The molecule has 16 heavy (non-hydrogen) atoms. The zero-order chi connectivity index (χ0) is 11.4. The van der Waals surface area contributed by atoms with Gasteiger partial charge < -0.3 is 4.90 Å². The zero-order valence-corrected chi connectivity index (χ0v) is 9.56. The number of rotatable bonds is 3. The Morgan fingerprint density at radius 3 is 3.19 bits per heavy atom. The molecule has 0 radical (unpaired) electrons. The van der Waals surface area contributed by atoms with Crippen LogP contribution >= 0.6 is 0 Å². The van der Waals surface area contributed by atoms with Gasteiger partial charge in [-0.05, 0) is 36.9 Å². The maximum Gasteiger partial charge on any atom is 0.0434 e. The molecule has 0 spiro atoms. The maximum absolute atomic E-state index is 8.27. The van der Waals surface area contributed by atoms with E-state index in [0.717, 1.165) is 19.5 Å². The number of aryl methyl sites for hydroxylation is 2. The third-order valence-corrected chi connectivity index (χ3v) is 2.98. The van der Waals surface area contributed by atoms with Crippen molar-refractivity contribution in [3.63, 3.8) is 0 Å². The van der Waals surface area contributed by atoms with E-state index in [2.05, 4.69) is 40.0 Å². The average molecular weight is 216 g/mol. The monoisotopic (exact) mass is 216 g/mol. The molecule has 1 aromatic carbocycles. The third kappa shape index (κ3) is 2.28. The smallest absolute Gasteiger partial charge is 0.0434 e. The first-order chi connectivity index (χ1) is 7.81. The molecule has 0 amide bonds. The summed E-state index contributed by atoms with van der Waals surface area (Å²) in [4.78, 5) is 5.10. The summed E-state index contributed by atoms with van der Waals surface area (Å²) < 4.78 is 0. The van der Waals surface area contributed by atoms with E-state index in [1.165, 1.54) is 23.2 Å². The van der Waals surface area contributed by atoms with Crippen molar-refractivity contribution in [2.75, 3.05) is 24.5 Å². The molecule has 1 aliphatic heterocycles. The molecule has 0 unspecified atom stereocenters. The van der Waals surface area contributed by atoms with Crippen LogP contribution in [0.4, 0.5) is 5.69 Å². The molecule has 0 fully saturated rings. The molecule has 2 rings (SSSR count). The van der Waals surface area contributed by atoms with E-state index >= 15 is 0 Å². The van der Waals surface area contributed by atoms with Gasteiger partial charge in [-0.3, -0.25) is 0 Å². The minimum atomic E-state index is 0.545. The first kappa shape index (κ1) is 10.8. The van der Waals surface area contributed by atoms with Crippen LogP contribution < -0.4 is 4.90 Å². The highest BCUT2D eigenvalue weighted by Gasteiger charge is 2.15. The van der Waals surface area contributed by atoms with Crippen molar-refractivity contribution in [2.24, 2.45) is 5.11 Å². The first-order valence-corrected chi connectivity index (χ1v) is 5.66. The van der Waals surface area contributed by atoms with Crippen LogP contribution in [0.15, 0.2) is 23.3 Å². The lowest BCUT2D eigenvalue weighted by atomic mass is 10.00. The number of fused-ring (bicyclic) bond motifs is 1. The van der Waals surface area contributed by atoms with Gasteiger partial charge in [0.25, 0.3) is 0 Å². The Morgan fingerprint density at radius 2 is 2.38 bits per heavy atom. The fourth-order valence-electron chi connectivity index (χ4n) is 2.25. The van der Waals surface area contributed by atoms with Gasteiger partial charge in [-0.2, -0.15) is 0 Å². The van der Waals surface area contributed by atoms with Crippen LogP contribution in [-0.2, 0) is 6.42 Å². The Labute approximate surface area is 95.5 Å². The Balaban J connectivity index is 2.16. The van der Waals surface area contributed by atoms with E-state index in [0.29, 0.717) is 6.54 Å². The summed E-state index contributed by atoms with van der Waals surface area (Å²) in [6.07, 6.45) is 2.35. The van der Waals surface area contributed by atoms with Crippen LogP contribution in [0.2, 0.25) is 0 Å². The summed E-state index contributed by atoms with van der Waals surface area (Å²) in [6, 6.07) is 6.58. The molecule has 84 valence electrons. The molecule has 1 aromatic rings. The number of anilines is 1. The fourth-order valence-corrected chi connectivity index (χ4v) is 2.25. The van der Waals surface area contributed by atoms with Gasteiger partial charge in [-0.15, -0.1) is 0 Å². The second kappa shape index (κ2) is 4.90. The third-order valence-electron chi connectivity index (χ3n) is 2.98. The van der Waals surface area contributed by atoms with Crippen LogP contribution in [0.25, 0.3) is 10.4 Å². The number of hydrogen-bond donors (Lipinski definition) is 0. The second-order valence-corrected chi connectivity index (χ2v) is 4.18.